The summed E-state index contributed by atoms with van der Waals surface area (Å²) in [5.41, 5.74) is 9.42. The largest absolute Gasteiger partial charge is 0.364 e. The molecule has 0 spiro atoms. The molecular formula is C28H22FN9O3. The number of benzene rings is 2. The van der Waals surface area contributed by atoms with Gasteiger partial charge in [-0.1, -0.05) is 12.1 Å². The van der Waals surface area contributed by atoms with Crippen molar-refractivity contribution in [1.29, 1.82) is 5.26 Å². The van der Waals surface area contributed by atoms with Crippen LogP contribution in [0.2, 0.25) is 0 Å². The number of carbonyl (C=O) groups excluding carboxylic acids is 3. The third-order valence-electron chi connectivity index (χ3n) is 7.20. The maximum absolute atomic E-state index is 14.6. The molecule has 12 nitrogen and oxygen atoms in total. The molecule has 2 aromatic carbocycles. The first-order chi connectivity index (χ1) is 19.8. The fourth-order valence-electron chi connectivity index (χ4n) is 5.21. The van der Waals surface area contributed by atoms with Gasteiger partial charge in [-0.05, 0) is 41.5 Å². The Morgan fingerprint density at radius 1 is 1.12 bits per heavy atom. The Hall–Kier alpha value is -5.51. The highest BCUT2D eigenvalue weighted by Gasteiger charge is 2.40. The lowest BCUT2D eigenvalue weighted by Crippen LogP contribution is -2.48. The van der Waals surface area contributed by atoms with Gasteiger partial charge in [0.2, 0.25) is 11.8 Å². The summed E-state index contributed by atoms with van der Waals surface area (Å²) in [6.45, 7) is -0.269. The van der Waals surface area contributed by atoms with E-state index < -0.39 is 29.9 Å². The molecule has 1 fully saturated rings. The number of hydrogen-bond acceptors (Lipinski definition) is 8. The maximum Gasteiger partial charge on any atom is 0.269 e. The highest BCUT2D eigenvalue weighted by atomic mass is 19.1. The number of rotatable bonds is 5. The maximum atomic E-state index is 14.6. The second kappa shape index (κ2) is 10.2. The Bertz CT molecular complexity index is 1790. The molecule has 6 rings (SSSR count). The van der Waals surface area contributed by atoms with Gasteiger partial charge in [-0.15, -0.1) is 0 Å². The molecule has 3 N–H and O–H groups in total. The van der Waals surface area contributed by atoms with Crippen molar-refractivity contribution in [2.45, 2.75) is 31.7 Å². The van der Waals surface area contributed by atoms with E-state index in [1.807, 2.05) is 0 Å². The predicted molar refractivity (Wildman–Crippen MR) is 144 cm³/mol. The van der Waals surface area contributed by atoms with Crippen molar-refractivity contribution in [2.75, 3.05) is 6.54 Å². The molecule has 0 radical (unpaired) electrons. The number of nitrogens with one attached hydrogen (secondary N) is 1. The van der Waals surface area contributed by atoms with Crippen molar-refractivity contribution in [1.82, 2.24) is 30.2 Å². The molecule has 13 heteroatoms. The number of hydrogen-bond donors (Lipinski definition) is 2. The van der Waals surface area contributed by atoms with Gasteiger partial charge >= 0.3 is 0 Å². The molecule has 0 bridgehead atoms. The van der Waals surface area contributed by atoms with E-state index in [0.29, 0.717) is 28.6 Å². The summed E-state index contributed by atoms with van der Waals surface area (Å²) >= 11 is 0. The minimum atomic E-state index is -1.40. The molecule has 2 aliphatic heterocycles. The number of aliphatic imine (C=N–C) groups is 1. The molecule has 2 atom stereocenters. The van der Waals surface area contributed by atoms with E-state index in [-0.39, 0.29) is 31.0 Å². The van der Waals surface area contributed by atoms with E-state index in [0.717, 1.165) is 16.7 Å². The monoisotopic (exact) mass is 551 g/mol. The van der Waals surface area contributed by atoms with Crippen LogP contribution in [0.4, 0.5) is 4.39 Å². The molecule has 2 aromatic heterocycles. The fourth-order valence-corrected chi connectivity index (χ4v) is 5.21. The van der Waals surface area contributed by atoms with Crippen LogP contribution < -0.4 is 11.1 Å². The van der Waals surface area contributed by atoms with Crippen LogP contribution in [0, 0.1) is 11.3 Å². The Morgan fingerprint density at radius 3 is 2.73 bits per heavy atom. The second-order valence-corrected chi connectivity index (χ2v) is 9.77. The molecule has 204 valence electrons. The summed E-state index contributed by atoms with van der Waals surface area (Å²) in [5, 5.41) is 24.3. The van der Waals surface area contributed by atoms with E-state index in [4.69, 9.17) is 5.73 Å². The number of halogens is 1. The molecule has 4 aromatic rings. The Morgan fingerprint density at radius 2 is 1.98 bits per heavy atom. The van der Waals surface area contributed by atoms with E-state index in [2.05, 4.69) is 31.7 Å². The van der Waals surface area contributed by atoms with Crippen molar-refractivity contribution >= 4 is 34.5 Å². The van der Waals surface area contributed by atoms with Gasteiger partial charge in [-0.3, -0.25) is 24.1 Å². The van der Waals surface area contributed by atoms with Gasteiger partial charge in [0.15, 0.2) is 5.69 Å². The minimum Gasteiger partial charge on any atom is -0.364 e. The summed E-state index contributed by atoms with van der Waals surface area (Å²) in [5.74, 6) is -1.62. The highest BCUT2D eigenvalue weighted by Crippen LogP contribution is 2.28. The average Bonchev–Trinajstić information content (AvgIpc) is 3.68. The van der Waals surface area contributed by atoms with Crippen molar-refractivity contribution in [3.8, 4) is 17.2 Å². The fraction of sp³-hybridized carbons (Fsp3) is 0.214. The van der Waals surface area contributed by atoms with Crippen LogP contribution in [0.3, 0.4) is 0 Å². The van der Waals surface area contributed by atoms with Gasteiger partial charge < -0.3 is 16.0 Å². The summed E-state index contributed by atoms with van der Waals surface area (Å²) in [7, 11) is 0. The lowest BCUT2D eigenvalue weighted by molar-refractivity contribution is -0.138. The van der Waals surface area contributed by atoms with Crippen LogP contribution in [0.1, 0.15) is 33.6 Å². The number of nitrogens with zero attached hydrogens (tertiary/aromatic N) is 7. The molecular weight excluding hydrogens is 529 g/mol. The number of alkyl halides is 1. The van der Waals surface area contributed by atoms with Gasteiger partial charge in [0.25, 0.3) is 5.91 Å². The van der Waals surface area contributed by atoms with Crippen LogP contribution in [-0.2, 0) is 22.7 Å². The SMILES string of the molecule is N#Cc1ccc2c(c1)C(NC(=O)C1CC(F)CN1C(=O)Cn1nc(C(N)=O)c3cc(-c4ccnnc4)ccc31)=NC2. The molecule has 0 aliphatic carbocycles. The molecule has 4 heterocycles. The van der Waals surface area contributed by atoms with Crippen LogP contribution >= 0.6 is 0 Å². The number of nitrogens with two attached hydrogens (primary N) is 1. The first-order valence-corrected chi connectivity index (χ1v) is 12.7. The Balaban J connectivity index is 1.24. The van der Waals surface area contributed by atoms with Gasteiger partial charge in [0.1, 0.15) is 24.6 Å². The van der Waals surface area contributed by atoms with Crippen LogP contribution in [0.5, 0.6) is 0 Å². The standard InChI is InChI=1S/C28H22FN9O3/c29-19-9-23(28(41)35-27-20-7-15(10-30)1-2-18(20)11-32-27)37(13-19)24(39)14-38-22-4-3-16(17-5-6-33-34-12-17)8-21(22)25(36-38)26(31)40/h1-8,12,19,23H,9,11,13-14H2,(H2,31,40)(H,32,35,41). The number of nitriles is 1. The van der Waals surface area contributed by atoms with Crippen molar-refractivity contribution < 1.29 is 18.8 Å². The molecule has 2 unspecified atom stereocenters. The number of fused-ring (bicyclic) bond motifs is 2. The predicted octanol–water partition coefficient (Wildman–Crippen LogP) is 1.48. The number of amides is 3. The van der Waals surface area contributed by atoms with Crippen molar-refractivity contribution in [3.05, 3.63) is 77.2 Å². The molecule has 2 aliphatic rings. The van der Waals surface area contributed by atoms with Gasteiger partial charge in [-0.25, -0.2) is 4.39 Å². The van der Waals surface area contributed by atoms with E-state index in [1.165, 1.54) is 9.58 Å². The normalized spacial score (nSPS) is 17.7. The molecule has 41 heavy (non-hydrogen) atoms. The van der Waals surface area contributed by atoms with Crippen LogP contribution in [-0.4, -0.2) is 67.2 Å². The number of aromatic nitrogens is 4. The number of primary amides is 1. The van der Waals surface area contributed by atoms with Gasteiger partial charge in [0, 0.05) is 22.9 Å². The highest BCUT2D eigenvalue weighted by molar-refractivity contribution is 6.11. The van der Waals surface area contributed by atoms with Gasteiger partial charge in [-0.2, -0.15) is 20.6 Å². The van der Waals surface area contributed by atoms with Crippen LogP contribution in [0.25, 0.3) is 22.0 Å². The molecule has 3 amide bonds. The van der Waals surface area contributed by atoms with Crippen LogP contribution in [0.15, 0.2) is 59.9 Å². The number of carbonyl (C=O) groups is 3. The Kier molecular flexibility index (Phi) is 6.43. The zero-order chi connectivity index (χ0) is 28.7. The minimum absolute atomic E-state index is 0.0228. The van der Waals surface area contributed by atoms with E-state index in [9.17, 15) is 24.0 Å². The molecule has 1 saturated heterocycles. The third kappa shape index (κ3) is 4.76. The topological polar surface area (TPSA) is 172 Å². The third-order valence-corrected chi connectivity index (χ3v) is 7.20. The summed E-state index contributed by atoms with van der Waals surface area (Å²) in [4.78, 5) is 44.4. The first-order valence-electron chi connectivity index (χ1n) is 12.7. The summed E-state index contributed by atoms with van der Waals surface area (Å²) in [6, 6.07) is 13.0. The number of amidine groups is 1. The lowest BCUT2D eigenvalue weighted by atomic mass is 10.0. The lowest BCUT2D eigenvalue weighted by Gasteiger charge is -2.24. The smallest absolute Gasteiger partial charge is 0.269 e. The van der Waals surface area contributed by atoms with Crippen molar-refractivity contribution in [3.63, 3.8) is 0 Å². The summed E-state index contributed by atoms with van der Waals surface area (Å²) < 4.78 is 15.9. The average molecular weight is 552 g/mol. The van der Waals surface area contributed by atoms with Gasteiger partial charge in [0.05, 0.1) is 42.6 Å². The first kappa shape index (κ1) is 25.8. The zero-order valence-corrected chi connectivity index (χ0v) is 21.5. The second-order valence-electron chi connectivity index (χ2n) is 9.77. The Labute approximate surface area is 232 Å². The van der Waals surface area contributed by atoms with Crippen molar-refractivity contribution in [2.24, 2.45) is 10.7 Å². The van der Waals surface area contributed by atoms with E-state index >= 15 is 0 Å². The number of likely N-dealkylation sites (tertiary alicyclic amines) is 1. The quantitative estimate of drug-likeness (QED) is 0.378. The summed E-state index contributed by atoms with van der Waals surface area (Å²) in [6.07, 6.45) is 1.54. The molecule has 0 saturated carbocycles. The van der Waals surface area contributed by atoms with E-state index in [1.54, 1.807) is 54.9 Å². The zero-order valence-electron chi connectivity index (χ0n) is 21.5.